The Labute approximate surface area is 149 Å². The Bertz CT molecular complexity index is 558. The first-order valence-electron chi connectivity index (χ1n) is 8.99. The number of halogens is 1. The van der Waals surface area contributed by atoms with Gasteiger partial charge in [0, 0.05) is 13.0 Å². The summed E-state index contributed by atoms with van der Waals surface area (Å²) in [5, 5.41) is 0.632. The number of piperidine rings is 2. The number of hydrogen-bond donors (Lipinski definition) is 0. The van der Waals surface area contributed by atoms with Crippen molar-refractivity contribution in [2.45, 2.75) is 38.2 Å². The van der Waals surface area contributed by atoms with Gasteiger partial charge in [0.1, 0.15) is 11.9 Å². The molecule has 2 aliphatic rings. The third kappa shape index (κ3) is 4.64. The highest BCUT2D eigenvalue weighted by atomic mass is 35.5. The largest absolute Gasteiger partial charge is 0.487 e. The second-order valence-corrected chi connectivity index (χ2v) is 7.51. The third-order valence-corrected chi connectivity index (χ3v) is 5.47. The van der Waals surface area contributed by atoms with Gasteiger partial charge in [0.25, 0.3) is 0 Å². The molecule has 0 N–H and O–H groups in total. The van der Waals surface area contributed by atoms with Gasteiger partial charge in [-0.05, 0) is 63.9 Å². The standard InChI is InChI=1S/C19H27ClN2O2/c1-21-11-8-15(9-12-21)13-19(23)22-10-4-5-16(14-22)24-18-7-3-2-6-17(18)20/h2-3,6-7,15-16H,4-5,8-14H2,1H3. The van der Waals surface area contributed by atoms with E-state index in [1.165, 1.54) is 0 Å². The molecule has 1 aromatic carbocycles. The minimum Gasteiger partial charge on any atom is -0.487 e. The predicted octanol–water partition coefficient (Wildman–Crippen LogP) is 3.44. The monoisotopic (exact) mass is 350 g/mol. The zero-order chi connectivity index (χ0) is 16.9. The van der Waals surface area contributed by atoms with E-state index in [0.29, 0.717) is 29.7 Å². The van der Waals surface area contributed by atoms with Crippen LogP contribution in [0.2, 0.25) is 5.02 Å². The normalized spacial score (nSPS) is 23.2. The predicted molar refractivity (Wildman–Crippen MR) is 96.5 cm³/mol. The second kappa shape index (κ2) is 8.21. The fourth-order valence-electron chi connectivity index (χ4n) is 3.62. The number of likely N-dealkylation sites (tertiary alicyclic amines) is 2. The summed E-state index contributed by atoms with van der Waals surface area (Å²) in [6.07, 6.45) is 4.97. The Hall–Kier alpha value is -1.26. The SMILES string of the molecule is CN1CCC(CC(=O)N2CCCC(Oc3ccccc3Cl)C2)CC1. The average molecular weight is 351 g/mol. The molecule has 2 fully saturated rings. The van der Waals surface area contributed by atoms with Crippen LogP contribution < -0.4 is 4.74 Å². The van der Waals surface area contributed by atoms with Gasteiger partial charge in [-0.25, -0.2) is 0 Å². The minimum absolute atomic E-state index is 0.0417. The Morgan fingerprint density at radius 3 is 2.71 bits per heavy atom. The molecule has 0 aromatic heterocycles. The van der Waals surface area contributed by atoms with E-state index in [1.54, 1.807) is 0 Å². The number of para-hydroxylation sites is 1. The fraction of sp³-hybridized carbons (Fsp3) is 0.632. The van der Waals surface area contributed by atoms with Crippen LogP contribution in [0.1, 0.15) is 32.1 Å². The summed E-state index contributed by atoms with van der Waals surface area (Å²) in [6, 6.07) is 7.55. The van der Waals surface area contributed by atoms with E-state index in [9.17, 15) is 4.79 Å². The lowest BCUT2D eigenvalue weighted by Crippen LogP contribution is -2.45. The Morgan fingerprint density at radius 1 is 1.21 bits per heavy atom. The molecular weight excluding hydrogens is 324 g/mol. The molecule has 5 heteroatoms. The quantitative estimate of drug-likeness (QED) is 0.833. The van der Waals surface area contributed by atoms with E-state index in [-0.39, 0.29) is 12.0 Å². The van der Waals surface area contributed by atoms with Crippen molar-refractivity contribution in [3.8, 4) is 5.75 Å². The van der Waals surface area contributed by atoms with Gasteiger partial charge < -0.3 is 14.5 Å². The van der Waals surface area contributed by atoms with Crippen molar-refractivity contribution < 1.29 is 9.53 Å². The van der Waals surface area contributed by atoms with E-state index in [4.69, 9.17) is 16.3 Å². The molecule has 0 bridgehead atoms. The highest BCUT2D eigenvalue weighted by Gasteiger charge is 2.28. The summed E-state index contributed by atoms with van der Waals surface area (Å²) in [7, 11) is 2.15. The molecule has 3 rings (SSSR count). The van der Waals surface area contributed by atoms with Crippen molar-refractivity contribution in [3.05, 3.63) is 29.3 Å². The van der Waals surface area contributed by atoms with Crippen LogP contribution in [0, 0.1) is 5.92 Å². The van der Waals surface area contributed by atoms with E-state index >= 15 is 0 Å². The minimum atomic E-state index is 0.0417. The molecule has 0 saturated carbocycles. The van der Waals surface area contributed by atoms with Gasteiger partial charge in [-0.15, -0.1) is 0 Å². The highest BCUT2D eigenvalue weighted by molar-refractivity contribution is 6.32. The zero-order valence-corrected chi connectivity index (χ0v) is 15.2. The molecule has 0 aliphatic carbocycles. The van der Waals surface area contributed by atoms with Gasteiger partial charge in [-0.1, -0.05) is 23.7 Å². The Morgan fingerprint density at radius 2 is 1.96 bits per heavy atom. The topological polar surface area (TPSA) is 32.8 Å². The van der Waals surface area contributed by atoms with Crippen molar-refractivity contribution in [2.24, 2.45) is 5.92 Å². The molecule has 2 saturated heterocycles. The number of nitrogens with zero attached hydrogens (tertiary/aromatic N) is 2. The second-order valence-electron chi connectivity index (χ2n) is 7.10. The van der Waals surface area contributed by atoms with Crippen LogP contribution in [-0.2, 0) is 4.79 Å². The molecule has 2 aliphatic heterocycles. The summed E-state index contributed by atoms with van der Waals surface area (Å²) in [5.74, 6) is 1.55. The van der Waals surface area contributed by atoms with Crippen LogP contribution >= 0.6 is 11.6 Å². The number of carbonyl (C=O) groups is 1. The Balaban J connectivity index is 1.51. The van der Waals surface area contributed by atoms with Crippen LogP contribution in [0.4, 0.5) is 0 Å². The lowest BCUT2D eigenvalue weighted by Gasteiger charge is -2.35. The van der Waals surface area contributed by atoms with Gasteiger partial charge in [0.15, 0.2) is 0 Å². The smallest absolute Gasteiger partial charge is 0.222 e. The van der Waals surface area contributed by atoms with Crippen LogP contribution in [-0.4, -0.2) is 55.0 Å². The number of hydrogen-bond acceptors (Lipinski definition) is 3. The van der Waals surface area contributed by atoms with Gasteiger partial charge in [0.2, 0.25) is 5.91 Å². The molecule has 1 atom stereocenters. The summed E-state index contributed by atoms with van der Waals surface area (Å²) < 4.78 is 6.04. The van der Waals surface area contributed by atoms with Crippen molar-refractivity contribution in [1.29, 1.82) is 0 Å². The first-order chi connectivity index (χ1) is 11.6. The van der Waals surface area contributed by atoms with Crippen molar-refractivity contribution in [3.63, 3.8) is 0 Å². The van der Waals surface area contributed by atoms with E-state index in [0.717, 1.165) is 45.3 Å². The van der Waals surface area contributed by atoms with Crippen LogP contribution in [0.15, 0.2) is 24.3 Å². The number of benzene rings is 1. The van der Waals surface area contributed by atoms with Gasteiger partial charge in [0.05, 0.1) is 11.6 Å². The maximum atomic E-state index is 12.6. The molecule has 132 valence electrons. The zero-order valence-electron chi connectivity index (χ0n) is 14.4. The molecule has 24 heavy (non-hydrogen) atoms. The first kappa shape index (κ1) is 17.6. The first-order valence-corrected chi connectivity index (χ1v) is 9.37. The fourth-order valence-corrected chi connectivity index (χ4v) is 3.80. The van der Waals surface area contributed by atoms with E-state index in [1.807, 2.05) is 29.2 Å². The number of ether oxygens (including phenoxy) is 1. The Kier molecular flexibility index (Phi) is 6.01. The lowest BCUT2D eigenvalue weighted by molar-refractivity contribution is -0.135. The number of rotatable bonds is 4. The summed E-state index contributed by atoms with van der Waals surface area (Å²) >= 11 is 6.17. The summed E-state index contributed by atoms with van der Waals surface area (Å²) in [5.41, 5.74) is 0. The summed E-state index contributed by atoms with van der Waals surface area (Å²) in [4.78, 5) is 17.0. The average Bonchev–Trinajstić information content (AvgIpc) is 2.59. The molecule has 1 unspecified atom stereocenters. The summed E-state index contributed by atoms with van der Waals surface area (Å²) in [6.45, 7) is 3.75. The maximum absolute atomic E-state index is 12.6. The molecule has 0 spiro atoms. The van der Waals surface area contributed by atoms with E-state index < -0.39 is 0 Å². The van der Waals surface area contributed by atoms with Crippen molar-refractivity contribution in [2.75, 3.05) is 33.2 Å². The molecule has 1 amide bonds. The molecule has 4 nitrogen and oxygen atoms in total. The third-order valence-electron chi connectivity index (χ3n) is 5.16. The van der Waals surface area contributed by atoms with Gasteiger partial charge >= 0.3 is 0 Å². The molecule has 2 heterocycles. The van der Waals surface area contributed by atoms with Gasteiger partial charge in [-0.3, -0.25) is 4.79 Å². The molecule has 1 aromatic rings. The van der Waals surface area contributed by atoms with Crippen LogP contribution in [0.5, 0.6) is 5.75 Å². The van der Waals surface area contributed by atoms with Crippen molar-refractivity contribution in [1.82, 2.24) is 9.80 Å². The maximum Gasteiger partial charge on any atom is 0.222 e. The molecule has 0 radical (unpaired) electrons. The van der Waals surface area contributed by atoms with Gasteiger partial charge in [-0.2, -0.15) is 0 Å². The number of amides is 1. The van der Waals surface area contributed by atoms with Crippen LogP contribution in [0.3, 0.4) is 0 Å². The lowest BCUT2D eigenvalue weighted by atomic mass is 9.93. The number of carbonyl (C=O) groups excluding carboxylic acids is 1. The van der Waals surface area contributed by atoms with E-state index in [2.05, 4.69) is 11.9 Å². The highest BCUT2D eigenvalue weighted by Crippen LogP contribution is 2.27. The molecular formula is C19H27ClN2O2. The van der Waals surface area contributed by atoms with Crippen molar-refractivity contribution >= 4 is 17.5 Å². The van der Waals surface area contributed by atoms with Crippen LogP contribution in [0.25, 0.3) is 0 Å².